The molecule has 1 amide bonds. The summed E-state index contributed by atoms with van der Waals surface area (Å²) in [5, 5.41) is 0. The summed E-state index contributed by atoms with van der Waals surface area (Å²) in [6.45, 7) is 0.322. The monoisotopic (exact) mass is 352 g/mol. The van der Waals surface area contributed by atoms with E-state index in [1.807, 2.05) is 12.1 Å². The number of furan rings is 1. The summed E-state index contributed by atoms with van der Waals surface area (Å²) in [6, 6.07) is 9.48. The van der Waals surface area contributed by atoms with Gasteiger partial charge in [-0.1, -0.05) is 6.07 Å². The molecule has 1 aromatic heterocycles. The minimum Gasteiger partial charge on any atom is -0.469 e. The largest absolute Gasteiger partial charge is 0.469 e. The van der Waals surface area contributed by atoms with E-state index in [0.717, 1.165) is 10.1 Å². The molecule has 1 aromatic carbocycles. The third kappa shape index (κ3) is 4.67. The molecule has 7 nitrogen and oxygen atoms in total. The fraction of sp³-hybridized carbons (Fsp3) is 0.312. The summed E-state index contributed by atoms with van der Waals surface area (Å²) in [5.41, 5.74) is 2.52. The molecular formula is C16H20N2O5S. The maximum Gasteiger partial charge on any atom is 0.274 e. The van der Waals surface area contributed by atoms with Crippen LogP contribution >= 0.6 is 0 Å². The molecule has 8 heteroatoms. The molecule has 0 saturated heterocycles. The summed E-state index contributed by atoms with van der Waals surface area (Å²) in [4.78, 5) is 17.2. The van der Waals surface area contributed by atoms with Crippen molar-refractivity contribution in [3.8, 4) is 0 Å². The first-order chi connectivity index (χ1) is 11.4. The molecule has 1 heterocycles. The number of hydrogen-bond acceptors (Lipinski definition) is 5. The summed E-state index contributed by atoms with van der Waals surface area (Å²) in [5.74, 6) is 0.357. The van der Waals surface area contributed by atoms with Gasteiger partial charge in [0, 0.05) is 26.1 Å². The van der Waals surface area contributed by atoms with Crippen LogP contribution in [0.1, 0.15) is 22.5 Å². The van der Waals surface area contributed by atoms with Crippen molar-refractivity contribution in [2.45, 2.75) is 17.7 Å². The molecule has 2 rings (SSSR count). The lowest BCUT2D eigenvalue weighted by molar-refractivity contribution is 0.0301. The van der Waals surface area contributed by atoms with Crippen molar-refractivity contribution in [2.75, 3.05) is 20.7 Å². The van der Waals surface area contributed by atoms with Gasteiger partial charge in [-0.05, 0) is 36.8 Å². The Morgan fingerprint density at radius 1 is 1.25 bits per heavy atom. The molecule has 0 aliphatic heterocycles. The fourth-order valence-corrected chi connectivity index (χ4v) is 2.91. The first-order valence-corrected chi connectivity index (χ1v) is 8.82. The van der Waals surface area contributed by atoms with E-state index in [9.17, 15) is 13.2 Å². The van der Waals surface area contributed by atoms with Gasteiger partial charge in [0.2, 0.25) is 10.0 Å². The van der Waals surface area contributed by atoms with Crippen LogP contribution in [0, 0.1) is 0 Å². The van der Waals surface area contributed by atoms with Crippen molar-refractivity contribution in [1.29, 1.82) is 0 Å². The highest BCUT2D eigenvalue weighted by Crippen LogP contribution is 2.14. The minimum atomic E-state index is -3.59. The van der Waals surface area contributed by atoms with E-state index in [1.54, 1.807) is 6.26 Å². The van der Waals surface area contributed by atoms with Gasteiger partial charge in [-0.25, -0.2) is 18.2 Å². The van der Waals surface area contributed by atoms with Crippen molar-refractivity contribution in [3.63, 3.8) is 0 Å². The molecule has 0 bridgehead atoms. The lowest BCUT2D eigenvalue weighted by Gasteiger charge is -2.12. The second-order valence-electron chi connectivity index (χ2n) is 5.28. The Labute approximate surface area is 141 Å². The predicted molar refractivity (Wildman–Crippen MR) is 87.8 cm³/mol. The molecule has 0 fully saturated rings. The Kier molecular flexibility index (Phi) is 6.13. The highest BCUT2D eigenvalue weighted by Gasteiger charge is 2.18. The molecule has 1 N–H and O–H groups in total. The van der Waals surface area contributed by atoms with Crippen molar-refractivity contribution >= 4 is 15.9 Å². The first-order valence-electron chi connectivity index (χ1n) is 7.38. The Morgan fingerprint density at radius 2 is 2.04 bits per heavy atom. The van der Waals surface area contributed by atoms with E-state index in [4.69, 9.17) is 9.25 Å². The smallest absolute Gasteiger partial charge is 0.274 e. The second-order valence-corrected chi connectivity index (χ2v) is 7.43. The van der Waals surface area contributed by atoms with Crippen LogP contribution in [-0.4, -0.2) is 39.3 Å². The quantitative estimate of drug-likeness (QED) is 0.578. The number of hydrogen-bond donors (Lipinski definition) is 1. The Hall–Kier alpha value is -2.16. The summed E-state index contributed by atoms with van der Waals surface area (Å²) in [7, 11) is -0.716. The number of hydroxylamine groups is 1. The van der Waals surface area contributed by atoms with Gasteiger partial charge in [0.15, 0.2) is 0 Å². The number of nitrogens with one attached hydrogen (secondary N) is 1. The number of benzene rings is 1. The highest BCUT2D eigenvalue weighted by atomic mass is 32.2. The van der Waals surface area contributed by atoms with Crippen LogP contribution in [0.5, 0.6) is 0 Å². The van der Waals surface area contributed by atoms with Gasteiger partial charge in [-0.3, -0.25) is 9.63 Å². The Bertz CT molecular complexity index is 770. The van der Waals surface area contributed by atoms with Gasteiger partial charge >= 0.3 is 0 Å². The maximum atomic E-state index is 12.1. The molecule has 0 spiro atoms. The number of amides is 1. The van der Waals surface area contributed by atoms with E-state index in [0.29, 0.717) is 19.4 Å². The van der Waals surface area contributed by atoms with Gasteiger partial charge in [-0.2, -0.15) is 0 Å². The zero-order chi connectivity index (χ0) is 17.6. The van der Waals surface area contributed by atoms with Crippen molar-refractivity contribution in [1.82, 2.24) is 9.79 Å². The van der Waals surface area contributed by atoms with Gasteiger partial charge in [0.1, 0.15) is 5.76 Å². The van der Waals surface area contributed by atoms with Crippen LogP contribution < -0.4 is 5.48 Å². The Balaban J connectivity index is 1.86. The lowest BCUT2D eigenvalue weighted by atomic mass is 10.2. The average molecular weight is 352 g/mol. The zero-order valence-corrected chi connectivity index (χ0v) is 14.4. The summed E-state index contributed by atoms with van der Waals surface area (Å²) >= 11 is 0. The van der Waals surface area contributed by atoms with Crippen LogP contribution in [0.4, 0.5) is 0 Å². The third-order valence-electron chi connectivity index (χ3n) is 3.29. The van der Waals surface area contributed by atoms with Gasteiger partial charge < -0.3 is 4.42 Å². The Morgan fingerprint density at radius 3 is 2.71 bits per heavy atom. The molecule has 0 radical (unpaired) electrons. The number of sulfonamides is 1. The van der Waals surface area contributed by atoms with E-state index < -0.39 is 15.9 Å². The van der Waals surface area contributed by atoms with Gasteiger partial charge in [-0.15, -0.1) is 0 Å². The molecule has 0 aliphatic carbocycles. The van der Waals surface area contributed by atoms with E-state index in [1.165, 1.54) is 38.4 Å². The molecule has 0 atom stereocenters. The molecule has 130 valence electrons. The first kappa shape index (κ1) is 18.2. The van der Waals surface area contributed by atoms with Gasteiger partial charge in [0.05, 0.1) is 17.8 Å². The topological polar surface area (TPSA) is 88.9 Å². The molecule has 24 heavy (non-hydrogen) atoms. The number of carbonyl (C=O) groups excluding carboxylic acids is 1. The van der Waals surface area contributed by atoms with E-state index >= 15 is 0 Å². The van der Waals surface area contributed by atoms with Crippen LogP contribution in [0.15, 0.2) is 52.0 Å². The molecular weight excluding hydrogens is 332 g/mol. The van der Waals surface area contributed by atoms with Crippen molar-refractivity contribution in [2.24, 2.45) is 0 Å². The van der Waals surface area contributed by atoms with Crippen LogP contribution in [0.3, 0.4) is 0 Å². The van der Waals surface area contributed by atoms with Crippen molar-refractivity contribution in [3.05, 3.63) is 54.0 Å². The average Bonchev–Trinajstić information content (AvgIpc) is 3.07. The van der Waals surface area contributed by atoms with Gasteiger partial charge in [0.25, 0.3) is 5.91 Å². The maximum absolute atomic E-state index is 12.1. The summed E-state index contributed by atoms with van der Waals surface area (Å²) in [6.07, 6.45) is 3.00. The number of nitrogens with zero attached hydrogens (tertiary/aromatic N) is 1. The van der Waals surface area contributed by atoms with E-state index in [2.05, 4.69) is 5.48 Å². The molecule has 0 unspecified atom stereocenters. The molecule has 2 aromatic rings. The van der Waals surface area contributed by atoms with Crippen molar-refractivity contribution < 1.29 is 22.5 Å². The highest BCUT2D eigenvalue weighted by molar-refractivity contribution is 7.89. The third-order valence-corrected chi connectivity index (χ3v) is 5.10. The lowest BCUT2D eigenvalue weighted by Crippen LogP contribution is -2.26. The zero-order valence-electron chi connectivity index (χ0n) is 13.6. The van der Waals surface area contributed by atoms with E-state index in [-0.39, 0.29) is 10.5 Å². The second kappa shape index (κ2) is 8.09. The minimum absolute atomic E-state index is 0.0537. The number of aryl methyl sites for hydroxylation is 1. The van der Waals surface area contributed by atoms with Crippen LogP contribution in [0.25, 0.3) is 0 Å². The summed E-state index contributed by atoms with van der Waals surface area (Å²) < 4.78 is 30.4. The SMILES string of the molecule is CN(C)S(=O)(=O)c1cccc(C(=O)NOCCCc2ccco2)c1. The predicted octanol–water partition coefficient (Wildman–Crippen LogP) is 1.82. The fourth-order valence-electron chi connectivity index (χ4n) is 1.96. The normalized spacial score (nSPS) is 11.6. The molecule has 0 saturated carbocycles. The van der Waals surface area contributed by atoms with Crippen LogP contribution in [-0.2, 0) is 21.3 Å². The number of carbonyl (C=O) groups is 1. The number of rotatable bonds is 8. The molecule has 0 aliphatic rings. The standard InChI is InChI=1S/C16H20N2O5S/c1-18(2)24(20,21)15-9-3-6-13(12-15)16(19)17-23-11-5-8-14-7-4-10-22-14/h3-4,6-7,9-10,12H,5,8,11H2,1-2H3,(H,17,19). The van der Waals surface area contributed by atoms with Crippen LogP contribution in [0.2, 0.25) is 0 Å².